The fourth-order valence-corrected chi connectivity index (χ4v) is 1.67. The van der Waals surface area contributed by atoms with Crippen molar-refractivity contribution >= 4 is 21.8 Å². The van der Waals surface area contributed by atoms with E-state index in [2.05, 4.69) is 28.2 Å². The molecule has 0 atom stereocenters. The molecule has 0 saturated heterocycles. The molecule has 0 radical (unpaired) electrons. The van der Waals surface area contributed by atoms with Crippen LogP contribution in [0.15, 0.2) is 22.7 Å². The highest BCUT2D eigenvalue weighted by Crippen LogP contribution is 2.22. The predicted octanol–water partition coefficient (Wildman–Crippen LogP) is 3.05. The average molecular weight is 300 g/mol. The molecule has 0 fully saturated rings. The van der Waals surface area contributed by atoms with Crippen LogP contribution >= 0.6 is 15.9 Å². The maximum Gasteiger partial charge on any atom is 0.257 e. The number of hydrogen-bond donors (Lipinski definition) is 1. The number of carbonyl (C=O) groups excluding carboxylic acids is 1. The zero-order valence-corrected chi connectivity index (χ0v) is 11.8. The summed E-state index contributed by atoms with van der Waals surface area (Å²) in [5, 5.41) is 2.81. The number of hydrogen-bond acceptors (Lipinski definition) is 2. The Kier molecular flexibility index (Phi) is 6.05. The van der Waals surface area contributed by atoms with Crippen LogP contribution in [0.5, 0.6) is 5.75 Å². The average Bonchev–Trinajstić information content (AvgIpc) is 2.31. The molecule has 0 spiro atoms. The summed E-state index contributed by atoms with van der Waals surface area (Å²) >= 11 is 3.37. The predicted molar refractivity (Wildman–Crippen MR) is 72.3 cm³/mol. The largest absolute Gasteiger partial charge is 0.483 e. The summed E-state index contributed by atoms with van der Waals surface area (Å²) < 4.78 is 6.42. The monoisotopic (exact) mass is 299 g/mol. The third-order valence-electron chi connectivity index (χ3n) is 2.36. The van der Waals surface area contributed by atoms with E-state index in [0.29, 0.717) is 0 Å². The molecule has 0 aromatic heterocycles. The topological polar surface area (TPSA) is 38.3 Å². The molecule has 0 unspecified atom stereocenters. The SMILES string of the molecule is CCCCNC(=O)COc1cc(Br)ccc1C. The lowest BCUT2D eigenvalue weighted by atomic mass is 10.2. The smallest absolute Gasteiger partial charge is 0.257 e. The molecule has 1 N–H and O–H groups in total. The van der Waals surface area contributed by atoms with Crippen molar-refractivity contribution < 1.29 is 9.53 Å². The van der Waals surface area contributed by atoms with Crippen molar-refractivity contribution in [1.29, 1.82) is 0 Å². The van der Waals surface area contributed by atoms with Gasteiger partial charge in [-0.2, -0.15) is 0 Å². The minimum absolute atomic E-state index is 0.0704. The van der Waals surface area contributed by atoms with E-state index >= 15 is 0 Å². The van der Waals surface area contributed by atoms with Gasteiger partial charge in [0.2, 0.25) is 0 Å². The summed E-state index contributed by atoms with van der Waals surface area (Å²) in [4.78, 5) is 11.4. The van der Waals surface area contributed by atoms with E-state index in [-0.39, 0.29) is 12.5 Å². The van der Waals surface area contributed by atoms with Crippen LogP contribution < -0.4 is 10.1 Å². The van der Waals surface area contributed by atoms with Crippen molar-refractivity contribution in [3.63, 3.8) is 0 Å². The Balaban J connectivity index is 2.39. The first-order valence-corrected chi connectivity index (χ1v) is 6.58. The summed E-state index contributed by atoms with van der Waals surface area (Å²) in [5.41, 5.74) is 1.02. The van der Waals surface area contributed by atoms with Crippen LogP contribution in [-0.2, 0) is 4.79 Å². The molecule has 1 rings (SSSR count). The number of aryl methyl sites for hydroxylation is 1. The summed E-state index contributed by atoms with van der Waals surface area (Å²) in [5.74, 6) is 0.669. The van der Waals surface area contributed by atoms with Crippen LogP contribution in [0.2, 0.25) is 0 Å². The molecule has 0 bridgehead atoms. The van der Waals surface area contributed by atoms with Gasteiger partial charge in [-0.1, -0.05) is 35.3 Å². The molecule has 0 aliphatic rings. The van der Waals surface area contributed by atoms with E-state index in [1.54, 1.807) is 0 Å². The van der Waals surface area contributed by atoms with Crippen molar-refractivity contribution in [3.8, 4) is 5.75 Å². The first-order valence-electron chi connectivity index (χ1n) is 5.79. The molecular weight excluding hydrogens is 282 g/mol. The van der Waals surface area contributed by atoms with Crippen LogP contribution in [0.1, 0.15) is 25.3 Å². The molecule has 0 aliphatic heterocycles. The number of halogens is 1. The Morgan fingerprint density at radius 2 is 2.24 bits per heavy atom. The lowest BCUT2D eigenvalue weighted by Crippen LogP contribution is -2.29. The highest BCUT2D eigenvalue weighted by atomic mass is 79.9. The maximum atomic E-state index is 11.4. The molecule has 0 aliphatic carbocycles. The van der Waals surface area contributed by atoms with Gasteiger partial charge in [0.1, 0.15) is 5.75 Å². The Morgan fingerprint density at radius 1 is 1.47 bits per heavy atom. The van der Waals surface area contributed by atoms with Gasteiger partial charge in [0.05, 0.1) is 0 Å². The number of amides is 1. The quantitative estimate of drug-likeness (QED) is 0.820. The Morgan fingerprint density at radius 3 is 2.94 bits per heavy atom. The maximum absolute atomic E-state index is 11.4. The second-order valence-corrected chi connectivity index (χ2v) is 4.82. The number of nitrogens with one attached hydrogen (secondary N) is 1. The Labute approximate surface area is 111 Å². The van der Waals surface area contributed by atoms with Crippen molar-refractivity contribution in [2.24, 2.45) is 0 Å². The minimum atomic E-state index is -0.0715. The highest BCUT2D eigenvalue weighted by Gasteiger charge is 2.04. The fraction of sp³-hybridized carbons (Fsp3) is 0.462. The summed E-state index contributed by atoms with van der Waals surface area (Å²) in [6.07, 6.45) is 2.08. The molecule has 3 nitrogen and oxygen atoms in total. The van der Waals surface area contributed by atoms with Crippen molar-refractivity contribution in [2.45, 2.75) is 26.7 Å². The third-order valence-corrected chi connectivity index (χ3v) is 2.85. The van der Waals surface area contributed by atoms with E-state index in [1.165, 1.54) is 0 Å². The summed E-state index contributed by atoms with van der Waals surface area (Å²) in [7, 11) is 0. The number of rotatable bonds is 6. The van der Waals surface area contributed by atoms with Gasteiger partial charge in [-0.05, 0) is 31.0 Å². The number of unbranched alkanes of at least 4 members (excludes halogenated alkanes) is 1. The van der Waals surface area contributed by atoms with Gasteiger partial charge in [0.25, 0.3) is 5.91 Å². The third kappa shape index (κ3) is 5.22. The minimum Gasteiger partial charge on any atom is -0.483 e. The zero-order valence-electron chi connectivity index (χ0n) is 10.3. The molecule has 94 valence electrons. The number of benzene rings is 1. The van der Waals surface area contributed by atoms with Gasteiger partial charge in [0.15, 0.2) is 6.61 Å². The van der Waals surface area contributed by atoms with Gasteiger partial charge in [0, 0.05) is 11.0 Å². The number of ether oxygens (including phenoxy) is 1. The zero-order chi connectivity index (χ0) is 12.7. The van der Waals surface area contributed by atoms with E-state index in [4.69, 9.17) is 4.74 Å². The molecule has 0 saturated carbocycles. The van der Waals surface area contributed by atoms with Crippen LogP contribution in [0, 0.1) is 6.92 Å². The molecule has 17 heavy (non-hydrogen) atoms. The van der Waals surface area contributed by atoms with Gasteiger partial charge < -0.3 is 10.1 Å². The standard InChI is InChI=1S/C13H18BrNO2/c1-3-4-7-15-13(16)9-17-12-8-11(14)6-5-10(12)2/h5-6,8H,3-4,7,9H2,1-2H3,(H,15,16). The van der Waals surface area contributed by atoms with Gasteiger partial charge in [-0.25, -0.2) is 0 Å². The van der Waals surface area contributed by atoms with Crippen molar-refractivity contribution in [3.05, 3.63) is 28.2 Å². The second-order valence-electron chi connectivity index (χ2n) is 3.90. The highest BCUT2D eigenvalue weighted by molar-refractivity contribution is 9.10. The van der Waals surface area contributed by atoms with E-state index in [1.807, 2.05) is 25.1 Å². The fourth-order valence-electron chi connectivity index (χ4n) is 1.33. The van der Waals surface area contributed by atoms with Crippen molar-refractivity contribution in [2.75, 3.05) is 13.2 Å². The van der Waals surface area contributed by atoms with Gasteiger partial charge in [-0.3, -0.25) is 4.79 Å². The molecular formula is C13H18BrNO2. The van der Waals surface area contributed by atoms with Gasteiger partial charge >= 0.3 is 0 Å². The molecule has 1 amide bonds. The normalized spacial score (nSPS) is 10.1. The summed E-state index contributed by atoms with van der Waals surface area (Å²) in [6.45, 7) is 4.83. The molecule has 1 aromatic carbocycles. The Hall–Kier alpha value is -1.03. The van der Waals surface area contributed by atoms with Crippen molar-refractivity contribution in [1.82, 2.24) is 5.32 Å². The van der Waals surface area contributed by atoms with E-state index in [9.17, 15) is 4.79 Å². The lowest BCUT2D eigenvalue weighted by Gasteiger charge is -2.09. The first-order chi connectivity index (χ1) is 8.13. The lowest BCUT2D eigenvalue weighted by molar-refractivity contribution is -0.123. The van der Waals surface area contributed by atoms with E-state index in [0.717, 1.165) is 35.2 Å². The van der Waals surface area contributed by atoms with Crippen LogP contribution in [0.4, 0.5) is 0 Å². The molecule has 4 heteroatoms. The van der Waals surface area contributed by atoms with Crippen LogP contribution in [0.25, 0.3) is 0 Å². The molecule has 0 heterocycles. The second kappa shape index (κ2) is 7.33. The van der Waals surface area contributed by atoms with E-state index < -0.39 is 0 Å². The van der Waals surface area contributed by atoms with Crippen LogP contribution in [-0.4, -0.2) is 19.1 Å². The first kappa shape index (κ1) is 14.0. The molecule has 1 aromatic rings. The summed E-state index contributed by atoms with van der Waals surface area (Å²) in [6, 6.07) is 5.77. The number of carbonyl (C=O) groups is 1. The van der Waals surface area contributed by atoms with Gasteiger partial charge in [-0.15, -0.1) is 0 Å². The Bertz CT molecular complexity index is 380. The van der Waals surface area contributed by atoms with Crippen LogP contribution in [0.3, 0.4) is 0 Å².